The van der Waals surface area contributed by atoms with Crippen molar-refractivity contribution in [2.45, 2.75) is 45.4 Å². The molecular weight excluding hydrogens is 256 g/mol. The van der Waals surface area contributed by atoms with Gasteiger partial charge >= 0.3 is 0 Å². The van der Waals surface area contributed by atoms with Crippen LogP contribution in [0.2, 0.25) is 0 Å². The number of nitro benzene ring substituents is 1. The summed E-state index contributed by atoms with van der Waals surface area (Å²) in [5, 5.41) is 14.0. The van der Waals surface area contributed by atoms with Gasteiger partial charge in [-0.15, -0.1) is 0 Å². The predicted octanol–water partition coefficient (Wildman–Crippen LogP) is 4.18. The molecule has 0 unspecified atom stereocenters. The summed E-state index contributed by atoms with van der Waals surface area (Å²) < 4.78 is 0. The third-order valence-corrected chi connectivity index (χ3v) is 3.20. The molecule has 0 radical (unpaired) electrons. The van der Waals surface area contributed by atoms with E-state index in [1.165, 1.54) is 31.7 Å². The van der Waals surface area contributed by atoms with Gasteiger partial charge in [0.25, 0.3) is 5.69 Å². The number of hydrogen-bond donors (Lipinski definition) is 1. The standard InChI is InChI=1S/C15H22N2O3/c1-2-3-4-5-6-7-10-16-14-9-8-13(12-18)11-15(14)17(19)20/h8-9,11-12,16H,2-7,10H2,1H3. The Morgan fingerprint density at radius 1 is 1.20 bits per heavy atom. The fraction of sp³-hybridized carbons (Fsp3) is 0.533. The van der Waals surface area contributed by atoms with Crippen LogP contribution in [0, 0.1) is 10.1 Å². The third kappa shape index (κ3) is 5.38. The van der Waals surface area contributed by atoms with Gasteiger partial charge in [0.05, 0.1) is 4.92 Å². The zero-order valence-corrected chi connectivity index (χ0v) is 11.9. The highest BCUT2D eigenvalue weighted by Crippen LogP contribution is 2.25. The quantitative estimate of drug-likeness (QED) is 0.301. The van der Waals surface area contributed by atoms with Gasteiger partial charge in [-0.1, -0.05) is 39.0 Å². The second kappa shape index (κ2) is 9.07. The van der Waals surface area contributed by atoms with Gasteiger partial charge in [-0.05, 0) is 18.6 Å². The van der Waals surface area contributed by atoms with E-state index in [0.717, 1.165) is 12.8 Å². The van der Waals surface area contributed by atoms with Crippen molar-refractivity contribution < 1.29 is 9.72 Å². The van der Waals surface area contributed by atoms with E-state index in [4.69, 9.17) is 0 Å². The first kappa shape index (κ1) is 16.1. The molecule has 1 N–H and O–H groups in total. The Bertz CT molecular complexity index is 447. The first-order chi connectivity index (χ1) is 9.69. The molecule has 0 spiro atoms. The lowest BCUT2D eigenvalue weighted by Crippen LogP contribution is -2.04. The molecule has 0 fully saturated rings. The van der Waals surface area contributed by atoms with E-state index >= 15 is 0 Å². The molecule has 1 aromatic carbocycles. The second-order valence-electron chi connectivity index (χ2n) is 4.85. The van der Waals surface area contributed by atoms with Crippen LogP contribution in [0.4, 0.5) is 11.4 Å². The predicted molar refractivity (Wildman–Crippen MR) is 80.3 cm³/mol. The maximum atomic E-state index is 10.9. The molecule has 0 saturated carbocycles. The fourth-order valence-electron chi connectivity index (χ4n) is 2.05. The maximum absolute atomic E-state index is 10.9. The minimum atomic E-state index is -0.462. The van der Waals surface area contributed by atoms with Crippen LogP contribution in [0.25, 0.3) is 0 Å². The van der Waals surface area contributed by atoms with Crippen molar-refractivity contribution in [1.82, 2.24) is 0 Å². The number of aldehydes is 1. The molecular formula is C15H22N2O3. The Morgan fingerprint density at radius 2 is 1.90 bits per heavy atom. The van der Waals surface area contributed by atoms with Gasteiger partial charge in [0.2, 0.25) is 0 Å². The van der Waals surface area contributed by atoms with Gasteiger partial charge < -0.3 is 5.32 Å². The summed E-state index contributed by atoms with van der Waals surface area (Å²) in [7, 11) is 0. The number of rotatable bonds is 10. The van der Waals surface area contributed by atoms with Crippen molar-refractivity contribution in [3.63, 3.8) is 0 Å². The number of hydrogen-bond acceptors (Lipinski definition) is 4. The number of carbonyl (C=O) groups excluding carboxylic acids is 1. The topological polar surface area (TPSA) is 72.2 Å². The van der Waals surface area contributed by atoms with Gasteiger partial charge in [0.1, 0.15) is 12.0 Å². The van der Waals surface area contributed by atoms with E-state index in [1.807, 2.05) is 0 Å². The highest BCUT2D eigenvalue weighted by Gasteiger charge is 2.13. The SMILES string of the molecule is CCCCCCCCNc1ccc(C=O)cc1[N+](=O)[O-]. The van der Waals surface area contributed by atoms with Crippen LogP contribution in [0.1, 0.15) is 55.8 Å². The van der Waals surface area contributed by atoms with Crippen molar-refractivity contribution >= 4 is 17.7 Å². The van der Waals surface area contributed by atoms with Crippen LogP contribution in [-0.2, 0) is 0 Å². The lowest BCUT2D eigenvalue weighted by atomic mass is 10.1. The number of benzene rings is 1. The maximum Gasteiger partial charge on any atom is 0.293 e. The number of nitrogens with one attached hydrogen (secondary N) is 1. The molecule has 0 bridgehead atoms. The minimum Gasteiger partial charge on any atom is -0.379 e. The zero-order valence-electron chi connectivity index (χ0n) is 11.9. The number of nitrogens with zero attached hydrogens (tertiary/aromatic N) is 1. The Morgan fingerprint density at radius 3 is 2.55 bits per heavy atom. The number of nitro groups is 1. The summed E-state index contributed by atoms with van der Waals surface area (Å²) in [5.74, 6) is 0. The first-order valence-corrected chi connectivity index (χ1v) is 7.16. The van der Waals surface area contributed by atoms with Crippen molar-refractivity contribution in [2.24, 2.45) is 0 Å². The van der Waals surface area contributed by atoms with E-state index in [1.54, 1.807) is 12.1 Å². The molecule has 0 aliphatic rings. The van der Waals surface area contributed by atoms with Crippen molar-refractivity contribution in [2.75, 3.05) is 11.9 Å². The van der Waals surface area contributed by atoms with Gasteiger partial charge in [-0.3, -0.25) is 14.9 Å². The van der Waals surface area contributed by atoms with Gasteiger partial charge in [0, 0.05) is 18.2 Å². The van der Waals surface area contributed by atoms with Crippen molar-refractivity contribution in [1.29, 1.82) is 0 Å². The average Bonchev–Trinajstić information content (AvgIpc) is 2.46. The molecule has 0 aromatic heterocycles. The monoisotopic (exact) mass is 278 g/mol. The molecule has 1 rings (SSSR count). The molecule has 0 amide bonds. The van der Waals surface area contributed by atoms with Crippen LogP contribution in [0.3, 0.4) is 0 Å². The lowest BCUT2D eigenvalue weighted by Gasteiger charge is -2.07. The first-order valence-electron chi connectivity index (χ1n) is 7.16. The molecule has 5 heteroatoms. The molecule has 0 heterocycles. The fourth-order valence-corrected chi connectivity index (χ4v) is 2.05. The van der Waals surface area contributed by atoms with Crippen LogP contribution in [-0.4, -0.2) is 17.8 Å². The van der Waals surface area contributed by atoms with E-state index in [0.29, 0.717) is 24.1 Å². The molecule has 110 valence electrons. The summed E-state index contributed by atoms with van der Waals surface area (Å²) in [5.41, 5.74) is 0.761. The van der Waals surface area contributed by atoms with Crippen LogP contribution in [0.15, 0.2) is 18.2 Å². The minimum absolute atomic E-state index is 0.0411. The van der Waals surface area contributed by atoms with Crippen LogP contribution < -0.4 is 5.32 Å². The second-order valence-corrected chi connectivity index (χ2v) is 4.85. The smallest absolute Gasteiger partial charge is 0.293 e. The summed E-state index contributed by atoms with van der Waals surface area (Å²) in [6.07, 6.45) is 7.71. The molecule has 0 saturated heterocycles. The van der Waals surface area contributed by atoms with E-state index in [2.05, 4.69) is 12.2 Å². The lowest BCUT2D eigenvalue weighted by molar-refractivity contribution is -0.384. The van der Waals surface area contributed by atoms with Gasteiger partial charge in [-0.25, -0.2) is 0 Å². The van der Waals surface area contributed by atoms with E-state index in [9.17, 15) is 14.9 Å². The normalized spacial score (nSPS) is 10.2. The van der Waals surface area contributed by atoms with Crippen molar-refractivity contribution in [3.8, 4) is 0 Å². The average molecular weight is 278 g/mol. The van der Waals surface area contributed by atoms with Gasteiger partial charge in [-0.2, -0.15) is 0 Å². The molecule has 0 aliphatic heterocycles. The van der Waals surface area contributed by atoms with E-state index in [-0.39, 0.29) is 5.69 Å². The summed E-state index contributed by atoms with van der Waals surface area (Å²) in [6.45, 7) is 2.90. The number of unbranched alkanes of at least 4 members (excludes halogenated alkanes) is 5. The number of carbonyl (C=O) groups is 1. The molecule has 0 aliphatic carbocycles. The Labute approximate surface area is 119 Å². The van der Waals surface area contributed by atoms with Gasteiger partial charge in [0.15, 0.2) is 0 Å². The summed E-state index contributed by atoms with van der Waals surface area (Å²) >= 11 is 0. The van der Waals surface area contributed by atoms with Crippen molar-refractivity contribution in [3.05, 3.63) is 33.9 Å². The van der Waals surface area contributed by atoms with Crippen LogP contribution in [0.5, 0.6) is 0 Å². The Hall–Kier alpha value is -1.91. The molecule has 0 atom stereocenters. The van der Waals surface area contributed by atoms with E-state index < -0.39 is 4.92 Å². The third-order valence-electron chi connectivity index (χ3n) is 3.20. The highest BCUT2D eigenvalue weighted by molar-refractivity contribution is 5.79. The molecule has 1 aromatic rings. The summed E-state index contributed by atoms with van der Waals surface area (Å²) in [6, 6.07) is 4.49. The number of anilines is 1. The zero-order chi connectivity index (χ0) is 14.8. The molecule has 20 heavy (non-hydrogen) atoms. The molecule has 5 nitrogen and oxygen atoms in total. The Kier molecular flexibility index (Phi) is 7.32. The Balaban J connectivity index is 2.43. The highest BCUT2D eigenvalue weighted by atomic mass is 16.6. The van der Waals surface area contributed by atoms with Crippen LogP contribution >= 0.6 is 0 Å². The summed E-state index contributed by atoms with van der Waals surface area (Å²) in [4.78, 5) is 21.1. The largest absolute Gasteiger partial charge is 0.379 e.